The second kappa shape index (κ2) is 8.92. The topological polar surface area (TPSA) is 76.7 Å². The molecule has 0 saturated heterocycles. The number of ether oxygens (including phenoxy) is 2. The van der Waals surface area contributed by atoms with Crippen LogP contribution in [0.5, 0.6) is 11.5 Å². The van der Waals surface area contributed by atoms with Gasteiger partial charge in [-0.1, -0.05) is 13.3 Å². The van der Waals surface area contributed by atoms with Gasteiger partial charge in [-0.25, -0.2) is 0 Å². The summed E-state index contributed by atoms with van der Waals surface area (Å²) >= 11 is 0. The zero-order valence-electron chi connectivity index (χ0n) is 13.6. The fraction of sp³-hybridized carbons (Fsp3) is 0.500. The predicted molar refractivity (Wildman–Crippen MR) is 83.9 cm³/mol. The molecular formula is C16H24N2O4. The highest BCUT2D eigenvalue weighted by atomic mass is 16.5. The van der Waals surface area contributed by atoms with Crippen LogP contribution in [0.1, 0.15) is 50.4 Å². The van der Waals surface area contributed by atoms with E-state index in [2.05, 4.69) is 10.9 Å². The van der Waals surface area contributed by atoms with E-state index in [4.69, 9.17) is 9.47 Å². The van der Waals surface area contributed by atoms with Crippen molar-refractivity contribution in [1.82, 2.24) is 10.9 Å². The van der Waals surface area contributed by atoms with Crippen LogP contribution in [0.25, 0.3) is 0 Å². The minimum absolute atomic E-state index is 0.00595. The van der Waals surface area contributed by atoms with Crippen LogP contribution in [0.2, 0.25) is 0 Å². The number of unbranched alkanes of at least 4 members (excludes halogenated alkanes) is 1. The molecule has 1 rings (SSSR count). The van der Waals surface area contributed by atoms with Crippen molar-refractivity contribution in [1.29, 1.82) is 0 Å². The molecule has 0 radical (unpaired) electrons. The molecule has 0 spiro atoms. The maximum atomic E-state index is 12.0. The Hall–Kier alpha value is -2.24. The minimum atomic E-state index is -0.403. The Bertz CT molecular complexity index is 515. The number of hydrogen-bond acceptors (Lipinski definition) is 4. The van der Waals surface area contributed by atoms with Crippen molar-refractivity contribution in [3.05, 3.63) is 23.8 Å². The molecule has 0 saturated carbocycles. The van der Waals surface area contributed by atoms with E-state index in [9.17, 15) is 9.59 Å². The predicted octanol–water partition coefficient (Wildman–Crippen LogP) is 2.43. The Kier molecular flexibility index (Phi) is 7.22. The highest BCUT2D eigenvalue weighted by molar-refractivity contribution is 5.96. The number of methoxy groups -OCH3 is 1. The molecule has 0 bridgehead atoms. The van der Waals surface area contributed by atoms with E-state index in [0.717, 1.165) is 12.8 Å². The van der Waals surface area contributed by atoms with Crippen LogP contribution in [-0.4, -0.2) is 25.0 Å². The summed E-state index contributed by atoms with van der Waals surface area (Å²) in [6, 6.07) is 4.87. The molecule has 0 aliphatic carbocycles. The summed E-state index contributed by atoms with van der Waals surface area (Å²) in [6.07, 6.45) is 2.11. The second-order valence-electron chi connectivity index (χ2n) is 5.14. The summed E-state index contributed by atoms with van der Waals surface area (Å²) in [5.41, 5.74) is 5.15. The molecular weight excluding hydrogens is 284 g/mol. The fourth-order valence-corrected chi connectivity index (χ4v) is 1.76. The van der Waals surface area contributed by atoms with E-state index < -0.39 is 5.91 Å². The minimum Gasteiger partial charge on any atom is -0.493 e. The first-order chi connectivity index (χ1) is 10.5. The second-order valence-corrected chi connectivity index (χ2v) is 5.14. The van der Waals surface area contributed by atoms with Crippen LogP contribution >= 0.6 is 0 Å². The fourth-order valence-electron chi connectivity index (χ4n) is 1.76. The first kappa shape index (κ1) is 17.8. The van der Waals surface area contributed by atoms with E-state index in [-0.39, 0.29) is 12.0 Å². The number of rotatable bonds is 7. The molecule has 6 nitrogen and oxygen atoms in total. The molecule has 0 fully saturated rings. The Labute approximate surface area is 131 Å². The molecule has 2 N–H and O–H groups in total. The largest absolute Gasteiger partial charge is 0.493 e. The van der Waals surface area contributed by atoms with Crippen LogP contribution < -0.4 is 20.3 Å². The lowest BCUT2D eigenvalue weighted by Crippen LogP contribution is -2.41. The lowest BCUT2D eigenvalue weighted by atomic mass is 10.2. The first-order valence-electron chi connectivity index (χ1n) is 7.41. The summed E-state index contributed by atoms with van der Waals surface area (Å²) in [5.74, 6) is 0.431. The van der Waals surface area contributed by atoms with Gasteiger partial charge >= 0.3 is 0 Å². The molecule has 0 aliphatic heterocycles. The van der Waals surface area contributed by atoms with Gasteiger partial charge in [0.15, 0.2) is 11.5 Å². The number of carbonyl (C=O) groups is 2. The molecule has 122 valence electrons. The maximum Gasteiger partial charge on any atom is 0.269 e. The molecule has 1 aromatic carbocycles. The van der Waals surface area contributed by atoms with Gasteiger partial charge in [-0.3, -0.25) is 20.4 Å². The van der Waals surface area contributed by atoms with Crippen molar-refractivity contribution in [2.45, 2.75) is 46.1 Å². The van der Waals surface area contributed by atoms with Crippen LogP contribution in [0.15, 0.2) is 18.2 Å². The van der Waals surface area contributed by atoms with E-state index in [1.807, 2.05) is 20.8 Å². The number of benzene rings is 1. The Morgan fingerprint density at radius 1 is 1.18 bits per heavy atom. The van der Waals surface area contributed by atoms with Gasteiger partial charge in [0.05, 0.1) is 13.2 Å². The summed E-state index contributed by atoms with van der Waals surface area (Å²) in [7, 11) is 1.51. The molecule has 22 heavy (non-hydrogen) atoms. The smallest absolute Gasteiger partial charge is 0.269 e. The van der Waals surface area contributed by atoms with E-state index in [0.29, 0.717) is 23.5 Å². The van der Waals surface area contributed by atoms with Crippen LogP contribution in [0.4, 0.5) is 0 Å². The summed E-state index contributed by atoms with van der Waals surface area (Å²) in [6.45, 7) is 5.82. The van der Waals surface area contributed by atoms with Gasteiger partial charge in [0.25, 0.3) is 5.91 Å². The number of nitrogens with one attached hydrogen (secondary N) is 2. The Balaban J connectivity index is 2.67. The summed E-state index contributed by atoms with van der Waals surface area (Å²) in [5, 5.41) is 0. The SMILES string of the molecule is CCCCC(=O)NNC(=O)c1ccc(OC(C)C)c(OC)c1. The standard InChI is InChI=1S/C16H24N2O4/c1-5-6-7-15(19)17-18-16(20)12-8-9-13(22-11(2)3)14(10-12)21-4/h8-11H,5-7H2,1-4H3,(H,17,19)(H,18,20). The molecule has 6 heteroatoms. The van der Waals surface area contributed by atoms with Crippen molar-refractivity contribution in [3.63, 3.8) is 0 Å². The van der Waals surface area contributed by atoms with E-state index >= 15 is 0 Å². The molecule has 1 aromatic rings. The van der Waals surface area contributed by atoms with Crippen LogP contribution in [0, 0.1) is 0 Å². The van der Waals surface area contributed by atoms with Gasteiger partial charge in [-0.2, -0.15) is 0 Å². The first-order valence-corrected chi connectivity index (χ1v) is 7.41. The molecule has 0 aromatic heterocycles. The summed E-state index contributed by atoms with van der Waals surface area (Å²) in [4.78, 5) is 23.5. The summed E-state index contributed by atoms with van der Waals surface area (Å²) < 4.78 is 10.8. The number of amides is 2. The van der Waals surface area contributed by atoms with Crippen molar-refractivity contribution in [2.75, 3.05) is 7.11 Å². The zero-order valence-corrected chi connectivity index (χ0v) is 13.6. The molecule has 0 aliphatic rings. The van der Waals surface area contributed by atoms with Gasteiger partial charge in [0, 0.05) is 12.0 Å². The molecule has 0 unspecified atom stereocenters. The van der Waals surface area contributed by atoms with Gasteiger partial charge < -0.3 is 9.47 Å². The third-order valence-electron chi connectivity index (χ3n) is 2.86. The monoisotopic (exact) mass is 308 g/mol. The third kappa shape index (κ3) is 5.63. The average Bonchev–Trinajstić information content (AvgIpc) is 2.50. The third-order valence-corrected chi connectivity index (χ3v) is 2.86. The quantitative estimate of drug-likeness (QED) is 0.759. The van der Waals surface area contributed by atoms with Gasteiger partial charge in [-0.15, -0.1) is 0 Å². The van der Waals surface area contributed by atoms with Crippen molar-refractivity contribution in [3.8, 4) is 11.5 Å². The number of hydrogen-bond donors (Lipinski definition) is 2. The van der Waals surface area contributed by atoms with E-state index in [1.54, 1.807) is 18.2 Å². The highest BCUT2D eigenvalue weighted by Gasteiger charge is 2.12. The highest BCUT2D eigenvalue weighted by Crippen LogP contribution is 2.28. The Morgan fingerprint density at radius 2 is 1.91 bits per heavy atom. The number of hydrazine groups is 1. The lowest BCUT2D eigenvalue weighted by Gasteiger charge is -2.14. The van der Waals surface area contributed by atoms with Crippen molar-refractivity contribution in [2.24, 2.45) is 0 Å². The van der Waals surface area contributed by atoms with E-state index in [1.165, 1.54) is 7.11 Å². The van der Waals surface area contributed by atoms with Gasteiger partial charge in [0.2, 0.25) is 5.91 Å². The molecule has 2 amide bonds. The van der Waals surface area contributed by atoms with Crippen LogP contribution in [-0.2, 0) is 4.79 Å². The Morgan fingerprint density at radius 3 is 2.50 bits per heavy atom. The lowest BCUT2D eigenvalue weighted by molar-refractivity contribution is -0.121. The molecule has 0 atom stereocenters. The number of carbonyl (C=O) groups excluding carboxylic acids is 2. The maximum absolute atomic E-state index is 12.0. The van der Waals surface area contributed by atoms with Crippen LogP contribution in [0.3, 0.4) is 0 Å². The van der Waals surface area contributed by atoms with Crippen molar-refractivity contribution >= 4 is 11.8 Å². The zero-order chi connectivity index (χ0) is 16.5. The normalized spacial score (nSPS) is 10.2. The van der Waals surface area contributed by atoms with Crippen molar-refractivity contribution < 1.29 is 19.1 Å². The molecule has 0 heterocycles. The average molecular weight is 308 g/mol. The van der Waals surface area contributed by atoms with Gasteiger partial charge in [0.1, 0.15) is 0 Å². The van der Waals surface area contributed by atoms with Gasteiger partial charge in [-0.05, 0) is 38.5 Å².